The number of methoxy groups -OCH3 is 1. The fraction of sp³-hybridized carbons (Fsp3) is 0.0769. The van der Waals surface area contributed by atoms with Crippen LogP contribution in [0.15, 0.2) is 87.1 Å². The van der Waals surface area contributed by atoms with E-state index in [-0.39, 0.29) is 18.0 Å². The maximum Gasteiger partial charge on any atom is 0.343 e. The third kappa shape index (κ3) is 4.64. The van der Waals surface area contributed by atoms with Gasteiger partial charge < -0.3 is 13.9 Å². The van der Waals surface area contributed by atoms with Crippen LogP contribution < -0.4 is 10.3 Å². The number of ether oxygens (including phenoxy) is 2. The van der Waals surface area contributed by atoms with E-state index in [9.17, 15) is 9.59 Å². The second kappa shape index (κ2) is 9.44. The molecular formula is C26H18ClN3O5. The molecule has 0 fully saturated rings. The van der Waals surface area contributed by atoms with Crippen LogP contribution >= 0.6 is 11.6 Å². The molecule has 3 aromatic carbocycles. The van der Waals surface area contributed by atoms with Crippen molar-refractivity contribution in [1.29, 1.82) is 0 Å². The summed E-state index contributed by atoms with van der Waals surface area (Å²) < 4.78 is 17.2. The number of nitrogens with zero attached hydrogens (tertiary/aromatic N) is 3. The van der Waals surface area contributed by atoms with Crippen LogP contribution in [0.2, 0.25) is 5.02 Å². The topological polar surface area (TPSA) is 95.9 Å². The van der Waals surface area contributed by atoms with Crippen molar-refractivity contribution in [3.05, 3.63) is 93.7 Å². The van der Waals surface area contributed by atoms with Gasteiger partial charge in [0.15, 0.2) is 12.4 Å². The maximum atomic E-state index is 13.4. The summed E-state index contributed by atoms with van der Waals surface area (Å²) in [5.74, 6) is 0.583. The lowest BCUT2D eigenvalue weighted by molar-refractivity contribution is -0.142. The molecular weight excluding hydrogens is 470 g/mol. The summed E-state index contributed by atoms with van der Waals surface area (Å²) in [7, 11) is 1.29. The van der Waals surface area contributed by atoms with Crippen molar-refractivity contribution >= 4 is 45.7 Å². The highest BCUT2D eigenvalue weighted by atomic mass is 35.5. The molecule has 0 spiro atoms. The first-order valence-corrected chi connectivity index (χ1v) is 10.9. The molecule has 0 saturated carbocycles. The number of benzene rings is 3. The van der Waals surface area contributed by atoms with Crippen LogP contribution in [0.3, 0.4) is 0 Å². The third-order valence-electron chi connectivity index (χ3n) is 5.22. The highest BCUT2D eigenvalue weighted by Crippen LogP contribution is 2.29. The molecule has 2 heterocycles. The Labute approximate surface area is 204 Å². The minimum atomic E-state index is -0.491. The number of para-hydroxylation sites is 1. The monoisotopic (exact) mass is 487 g/mol. The van der Waals surface area contributed by atoms with Crippen LogP contribution in [0, 0.1) is 0 Å². The molecule has 0 radical (unpaired) electrons. The van der Waals surface area contributed by atoms with Gasteiger partial charge in [-0.2, -0.15) is 9.78 Å². The molecule has 0 aliphatic heterocycles. The standard InChI is InChI=1S/C26H18ClN3O5/c1-33-24(31)15-34-19-6-4-5-16(11-19)14-28-30-25(29-21-8-3-2-7-20(21)26(30)32)23-13-17-12-18(27)9-10-22(17)35-23/h2-14H,15H2,1H3. The Morgan fingerprint density at radius 3 is 2.83 bits per heavy atom. The predicted octanol–water partition coefficient (Wildman–Crippen LogP) is 4.90. The average molecular weight is 488 g/mol. The summed E-state index contributed by atoms with van der Waals surface area (Å²) in [6.45, 7) is -0.217. The Bertz CT molecular complexity index is 1650. The van der Waals surface area contributed by atoms with Crippen molar-refractivity contribution in [3.8, 4) is 17.3 Å². The zero-order chi connectivity index (χ0) is 24.4. The highest BCUT2D eigenvalue weighted by Gasteiger charge is 2.16. The first-order chi connectivity index (χ1) is 17.0. The third-order valence-corrected chi connectivity index (χ3v) is 5.45. The second-order valence-corrected chi connectivity index (χ2v) is 7.98. The summed E-state index contributed by atoms with van der Waals surface area (Å²) in [6, 6.07) is 21.0. The van der Waals surface area contributed by atoms with E-state index in [0.29, 0.717) is 38.6 Å². The van der Waals surface area contributed by atoms with Crippen LogP contribution in [0.1, 0.15) is 5.56 Å². The number of hydrogen-bond acceptors (Lipinski definition) is 7. The maximum absolute atomic E-state index is 13.4. The molecule has 0 N–H and O–H groups in total. The molecule has 5 rings (SSSR count). The van der Waals surface area contributed by atoms with E-state index in [0.717, 1.165) is 5.39 Å². The zero-order valence-electron chi connectivity index (χ0n) is 18.5. The normalized spacial score (nSPS) is 11.4. The first kappa shape index (κ1) is 22.4. The van der Waals surface area contributed by atoms with Crippen molar-refractivity contribution in [1.82, 2.24) is 9.66 Å². The number of furan rings is 1. The van der Waals surface area contributed by atoms with Crippen molar-refractivity contribution in [2.75, 3.05) is 13.7 Å². The average Bonchev–Trinajstić information content (AvgIpc) is 3.30. The molecule has 8 nitrogen and oxygen atoms in total. The van der Waals surface area contributed by atoms with E-state index in [1.54, 1.807) is 66.7 Å². The largest absolute Gasteiger partial charge is 0.482 e. The second-order valence-electron chi connectivity index (χ2n) is 7.54. The smallest absolute Gasteiger partial charge is 0.343 e. The summed E-state index contributed by atoms with van der Waals surface area (Å²) in [5, 5.41) is 6.19. The van der Waals surface area contributed by atoms with E-state index in [1.807, 2.05) is 6.07 Å². The Balaban J connectivity index is 1.59. The lowest BCUT2D eigenvalue weighted by Gasteiger charge is -2.08. The van der Waals surface area contributed by atoms with Gasteiger partial charge in [-0.3, -0.25) is 4.79 Å². The molecule has 0 aliphatic carbocycles. The van der Waals surface area contributed by atoms with Crippen LogP contribution in [-0.2, 0) is 9.53 Å². The van der Waals surface area contributed by atoms with Gasteiger partial charge in [0.05, 0.1) is 24.2 Å². The lowest BCUT2D eigenvalue weighted by atomic mass is 10.2. The van der Waals surface area contributed by atoms with Gasteiger partial charge in [0.2, 0.25) is 5.82 Å². The number of esters is 1. The number of carbonyl (C=O) groups excluding carboxylic acids is 1. The van der Waals surface area contributed by atoms with Gasteiger partial charge in [-0.05, 0) is 54.1 Å². The van der Waals surface area contributed by atoms with Crippen molar-refractivity contribution in [2.24, 2.45) is 5.10 Å². The molecule has 0 atom stereocenters. The molecule has 35 heavy (non-hydrogen) atoms. The fourth-order valence-electron chi connectivity index (χ4n) is 3.52. The fourth-order valence-corrected chi connectivity index (χ4v) is 3.71. The zero-order valence-corrected chi connectivity index (χ0v) is 19.2. The van der Waals surface area contributed by atoms with Crippen LogP contribution in [0.25, 0.3) is 33.5 Å². The summed E-state index contributed by atoms with van der Waals surface area (Å²) in [5.41, 5.74) is 1.43. The Hall–Kier alpha value is -4.43. The number of aromatic nitrogens is 2. The summed E-state index contributed by atoms with van der Waals surface area (Å²) >= 11 is 6.11. The van der Waals surface area contributed by atoms with E-state index >= 15 is 0 Å². The number of fused-ring (bicyclic) bond motifs is 2. The molecule has 0 amide bonds. The molecule has 5 aromatic rings. The van der Waals surface area contributed by atoms with Crippen molar-refractivity contribution in [2.45, 2.75) is 0 Å². The van der Waals surface area contributed by atoms with Crippen LogP contribution in [-0.4, -0.2) is 35.6 Å². The number of hydrogen-bond donors (Lipinski definition) is 0. The van der Waals surface area contributed by atoms with Gasteiger partial charge in [0, 0.05) is 10.4 Å². The molecule has 0 bridgehead atoms. The molecule has 2 aromatic heterocycles. The lowest BCUT2D eigenvalue weighted by Crippen LogP contribution is -2.20. The highest BCUT2D eigenvalue weighted by molar-refractivity contribution is 6.31. The van der Waals surface area contributed by atoms with Crippen LogP contribution in [0.4, 0.5) is 0 Å². The molecule has 0 saturated heterocycles. The van der Waals surface area contributed by atoms with Gasteiger partial charge in [-0.25, -0.2) is 9.78 Å². The van der Waals surface area contributed by atoms with Gasteiger partial charge in [0.1, 0.15) is 11.3 Å². The minimum absolute atomic E-state index is 0.217. The van der Waals surface area contributed by atoms with Gasteiger partial charge in [-0.15, -0.1) is 0 Å². The van der Waals surface area contributed by atoms with Gasteiger partial charge in [0.25, 0.3) is 5.56 Å². The number of carbonyl (C=O) groups is 1. The van der Waals surface area contributed by atoms with Crippen LogP contribution in [0.5, 0.6) is 5.75 Å². The minimum Gasteiger partial charge on any atom is -0.482 e. The summed E-state index contributed by atoms with van der Waals surface area (Å²) in [4.78, 5) is 29.4. The quantitative estimate of drug-likeness (QED) is 0.250. The van der Waals surface area contributed by atoms with E-state index in [2.05, 4.69) is 14.8 Å². The number of halogens is 1. The van der Waals surface area contributed by atoms with Gasteiger partial charge >= 0.3 is 5.97 Å². The van der Waals surface area contributed by atoms with E-state index in [4.69, 9.17) is 20.8 Å². The molecule has 0 aliphatic rings. The number of rotatable bonds is 6. The molecule has 0 unspecified atom stereocenters. The Morgan fingerprint density at radius 1 is 1.11 bits per heavy atom. The SMILES string of the molecule is COC(=O)COc1cccc(C=Nn2c(-c3cc4cc(Cl)ccc4o3)nc3ccccc3c2=O)c1. The van der Waals surface area contributed by atoms with Crippen molar-refractivity contribution < 1.29 is 18.7 Å². The predicted molar refractivity (Wildman–Crippen MR) is 133 cm³/mol. The Morgan fingerprint density at radius 2 is 1.97 bits per heavy atom. The van der Waals surface area contributed by atoms with Crippen molar-refractivity contribution in [3.63, 3.8) is 0 Å². The first-order valence-electron chi connectivity index (χ1n) is 10.6. The molecule has 174 valence electrons. The molecule has 9 heteroatoms. The summed E-state index contributed by atoms with van der Waals surface area (Å²) in [6.07, 6.45) is 1.51. The van der Waals surface area contributed by atoms with Gasteiger partial charge in [-0.1, -0.05) is 35.9 Å². The van der Waals surface area contributed by atoms with E-state index in [1.165, 1.54) is 18.0 Å². The Kier molecular flexibility index (Phi) is 6.03. The van der Waals surface area contributed by atoms with E-state index < -0.39 is 5.97 Å².